The second-order valence-electron chi connectivity index (χ2n) is 29.8. The first kappa shape index (κ1) is 76.5. The average molecular weight is 1790 g/mol. The van der Waals surface area contributed by atoms with Crippen LogP contribution < -0.4 is 14.7 Å². The molecule has 4 heterocycles. The van der Waals surface area contributed by atoms with Crippen LogP contribution in [0.1, 0.15) is 16.7 Å². The summed E-state index contributed by atoms with van der Waals surface area (Å²) >= 11 is 14.6. The number of halogens is 3. The highest BCUT2D eigenvalue weighted by Crippen LogP contribution is 2.48. The highest BCUT2D eigenvalue weighted by atomic mass is 79.9. The molecule has 18 aromatic carbocycles. The molecule has 0 aliphatic heterocycles. The molecule has 22 rings (SSSR count). The molecule has 0 saturated heterocycles. The lowest BCUT2D eigenvalue weighted by Gasteiger charge is -2.27. The van der Waals surface area contributed by atoms with Crippen molar-refractivity contribution in [2.24, 2.45) is 0 Å². The van der Waals surface area contributed by atoms with E-state index in [0.717, 1.165) is 136 Å². The van der Waals surface area contributed by atoms with Gasteiger partial charge in [0.05, 0.1) is 13.2 Å². The summed E-state index contributed by atoms with van der Waals surface area (Å²) in [4.78, 5) is 6.90. The van der Waals surface area contributed by atoms with Crippen molar-refractivity contribution >= 4 is 223 Å². The monoisotopic (exact) mass is 1790 g/mol. The smallest absolute Gasteiger partial charge is 0.137 e. The first-order valence-corrected chi connectivity index (χ1v) is 44.1. The highest BCUT2D eigenvalue weighted by Gasteiger charge is 2.22. The van der Waals surface area contributed by atoms with Crippen molar-refractivity contribution in [3.8, 4) is 33.4 Å². The number of anilines is 9. The Bertz CT molecular complexity index is 7500. The van der Waals surface area contributed by atoms with Gasteiger partial charge in [0.2, 0.25) is 0 Å². The molecule has 4 aromatic heterocycles. The lowest BCUT2D eigenvalue weighted by atomic mass is 9.96. The number of furan rings is 2. The SMILES string of the molecule is Brc1ccc2sc3c(-c4ccc(N(c5ccccc5)c5ccc6c(c5)oc5ccccc56)cc4)cccc3c2c1.Brc1ccc2sc3c(-c4ccc(N(c5ccccc5)c5ccccc5)cc4)cccc3c2c1.C=Cc1ccc(COCc2ccc(N(c3ccccc3)c3cc(-c4ccc5c(c4)oc4ccc(Br)cc45)c4ccccc4c3)cc2)cc1. The number of rotatable bonds is 17. The fourth-order valence-corrected chi connectivity index (χ4v) is 20.0. The fraction of sp³-hybridized carbons (Fsp3) is 0.0182. The summed E-state index contributed by atoms with van der Waals surface area (Å²) in [7, 11) is 0. The standard InChI is InChI=1S/C44H32BrNO2.C36H22BrNOS.C30H20BrNS/c1-2-30-12-14-31(15-13-30)28-47-29-32-16-20-37(21-17-32)46(36-9-4-3-5-10-36)38-24-33-8-6-7-11-39(33)41(27-38)34-18-22-40-42-26-35(45)19-23-43(42)48-44(40)25-34;37-24-15-20-35-32(21-24)31-11-6-10-28(36(31)40-35)23-13-16-26(17-14-23)38(25-7-2-1-3-8-25)27-18-19-30-29-9-4-5-12-33(29)39-34(30)22-27;31-22-16-19-29-28(20-22)27-13-7-12-26(30(27)33-29)21-14-17-25(18-15-21)32(23-8-3-1-4-9-23)24-10-5-2-6-11-24/h2-27H,1,28-29H2;1-22H;1-20H. The molecule has 0 bridgehead atoms. The van der Waals surface area contributed by atoms with Crippen LogP contribution in [-0.4, -0.2) is 0 Å². The minimum atomic E-state index is 0.538. The fourth-order valence-electron chi connectivity index (χ4n) is 16.4. The van der Waals surface area contributed by atoms with E-state index >= 15 is 0 Å². The van der Waals surface area contributed by atoms with Crippen molar-refractivity contribution in [1.82, 2.24) is 0 Å². The Kier molecular flexibility index (Phi) is 21.4. The number of benzene rings is 18. The van der Waals surface area contributed by atoms with Crippen molar-refractivity contribution in [2.45, 2.75) is 13.2 Å². The molecule has 0 amide bonds. The number of thiophene rings is 2. The minimum absolute atomic E-state index is 0.538. The van der Waals surface area contributed by atoms with Crippen LogP contribution in [0.25, 0.3) is 134 Å². The topological polar surface area (TPSA) is 45.2 Å². The number of ether oxygens (including phenoxy) is 1. The third-order valence-electron chi connectivity index (χ3n) is 22.3. The van der Waals surface area contributed by atoms with E-state index in [2.05, 4.69) is 451 Å². The Morgan fingerprint density at radius 1 is 0.264 bits per heavy atom. The normalized spacial score (nSPS) is 11.4. The zero-order chi connectivity index (χ0) is 81.3. The second-order valence-corrected chi connectivity index (χ2v) is 34.7. The van der Waals surface area contributed by atoms with Crippen LogP contribution in [0.3, 0.4) is 0 Å². The van der Waals surface area contributed by atoms with Crippen LogP contribution in [0.5, 0.6) is 0 Å². The van der Waals surface area contributed by atoms with Gasteiger partial charge in [0.1, 0.15) is 22.3 Å². The van der Waals surface area contributed by atoms with Gasteiger partial charge in [-0.3, -0.25) is 0 Å². The molecular weight excluding hydrogens is 1720 g/mol. The van der Waals surface area contributed by atoms with Gasteiger partial charge >= 0.3 is 0 Å². The number of para-hydroxylation sites is 5. The van der Waals surface area contributed by atoms with Gasteiger partial charge in [0, 0.05) is 133 Å². The van der Waals surface area contributed by atoms with Gasteiger partial charge in [0.25, 0.3) is 0 Å². The largest absolute Gasteiger partial charge is 0.456 e. The Balaban J connectivity index is 0.000000118. The van der Waals surface area contributed by atoms with Gasteiger partial charge in [-0.25, -0.2) is 0 Å². The van der Waals surface area contributed by atoms with Gasteiger partial charge in [-0.05, 0) is 243 Å². The van der Waals surface area contributed by atoms with Gasteiger partial charge in [-0.2, -0.15) is 0 Å². The van der Waals surface area contributed by atoms with Crippen molar-refractivity contribution in [3.63, 3.8) is 0 Å². The molecule has 6 nitrogen and oxygen atoms in total. The molecule has 0 N–H and O–H groups in total. The third-order valence-corrected chi connectivity index (χ3v) is 26.2. The Morgan fingerprint density at radius 2 is 0.653 bits per heavy atom. The molecule has 0 spiro atoms. The Hall–Kier alpha value is -13.2. The first-order chi connectivity index (χ1) is 59.6. The minimum Gasteiger partial charge on any atom is -0.456 e. The molecule has 0 fully saturated rings. The summed E-state index contributed by atoms with van der Waals surface area (Å²) < 4.78 is 27.2. The lowest BCUT2D eigenvalue weighted by molar-refractivity contribution is 0.107. The molecule has 0 atom stereocenters. The second kappa shape index (κ2) is 33.9. The van der Waals surface area contributed by atoms with E-state index in [1.54, 1.807) is 0 Å². The maximum absolute atomic E-state index is 6.33. The molecule has 580 valence electrons. The molecule has 121 heavy (non-hydrogen) atoms. The quantitative estimate of drug-likeness (QED) is 0.0905. The van der Waals surface area contributed by atoms with Crippen molar-refractivity contribution in [3.05, 3.63) is 443 Å². The number of hydrogen-bond acceptors (Lipinski definition) is 8. The Labute approximate surface area is 734 Å². The van der Waals surface area contributed by atoms with E-state index in [-0.39, 0.29) is 0 Å². The van der Waals surface area contributed by atoms with E-state index in [9.17, 15) is 0 Å². The zero-order valence-corrected chi connectivity index (χ0v) is 71.8. The van der Waals surface area contributed by atoms with E-state index < -0.39 is 0 Å². The molecule has 22 aromatic rings. The molecule has 11 heteroatoms. The molecule has 0 unspecified atom stereocenters. The van der Waals surface area contributed by atoms with Crippen molar-refractivity contribution in [2.75, 3.05) is 14.7 Å². The summed E-state index contributed by atoms with van der Waals surface area (Å²) in [6, 6.07) is 144. The maximum Gasteiger partial charge on any atom is 0.137 e. The van der Waals surface area contributed by atoms with Crippen LogP contribution in [-0.2, 0) is 18.0 Å². The third kappa shape index (κ3) is 15.6. The van der Waals surface area contributed by atoms with Crippen molar-refractivity contribution in [1.29, 1.82) is 0 Å². The van der Waals surface area contributed by atoms with Gasteiger partial charge < -0.3 is 28.3 Å². The highest BCUT2D eigenvalue weighted by molar-refractivity contribution is 9.11. The van der Waals surface area contributed by atoms with E-state index in [4.69, 9.17) is 13.6 Å². The summed E-state index contributed by atoms with van der Waals surface area (Å²) in [5, 5.41) is 12.1. The van der Waals surface area contributed by atoms with Gasteiger partial charge in [-0.15, -0.1) is 22.7 Å². The average Bonchev–Trinajstić information content (AvgIpc) is 1.71. The number of nitrogens with zero attached hydrogens (tertiary/aromatic N) is 3. The first-order valence-electron chi connectivity index (χ1n) is 40.1. The predicted molar refractivity (Wildman–Crippen MR) is 526 cm³/mol. The van der Waals surface area contributed by atoms with Crippen LogP contribution >= 0.6 is 70.5 Å². The molecule has 0 aliphatic rings. The summed E-state index contributed by atoms with van der Waals surface area (Å²) in [6.45, 7) is 4.93. The molecule has 0 radical (unpaired) electrons. The van der Waals surface area contributed by atoms with E-state index in [1.165, 1.54) is 73.4 Å². The number of fused-ring (bicyclic) bond motifs is 13. The van der Waals surface area contributed by atoms with Crippen LogP contribution in [0.2, 0.25) is 0 Å². The number of hydrogen-bond donors (Lipinski definition) is 0. The van der Waals surface area contributed by atoms with Crippen LogP contribution in [0.4, 0.5) is 51.2 Å². The molecule has 0 aliphatic carbocycles. The summed E-state index contributed by atoms with van der Waals surface area (Å²) in [6.07, 6.45) is 1.85. The summed E-state index contributed by atoms with van der Waals surface area (Å²) in [5.41, 5.74) is 24.1. The predicted octanol–water partition coefficient (Wildman–Crippen LogP) is 34.8. The van der Waals surface area contributed by atoms with Gasteiger partial charge in [0.15, 0.2) is 0 Å². The van der Waals surface area contributed by atoms with E-state index in [0.29, 0.717) is 13.2 Å². The van der Waals surface area contributed by atoms with Crippen molar-refractivity contribution < 1.29 is 13.6 Å². The Morgan fingerprint density at radius 3 is 1.19 bits per heavy atom. The molecule has 0 saturated carbocycles. The van der Waals surface area contributed by atoms with Crippen LogP contribution in [0.15, 0.2) is 435 Å². The zero-order valence-electron chi connectivity index (χ0n) is 65.4. The van der Waals surface area contributed by atoms with Gasteiger partial charge in [-0.1, -0.05) is 279 Å². The lowest BCUT2D eigenvalue weighted by Crippen LogP contribution is -2.10. The summed E-state index contributed by atoms with van der Waals surface area (Å²) in [5.74, 6) is 0. The van der Waals surface area contributed by atoms with E-state index in [1.807, 2.05) is 53.0 Å². The van der Waals surface area contributed by atoms with Crippen LogP contribution in [0, 0.1) is 0 Å². The molecular formula is C110H74Br3N3O3S2. The maximum atomic E-state index is 6.33.